The van der Waals surface area contributed by atoms with Gasteiger partial charge >= 0.3 is 7.12 Å². The van der Waals surface area contributed by atoms with E-state index in [2.05, 4.69) is 33.8 Å². The van der Waals surface area contributed by atoms with Crippen molar-refractivity contribution in [1.82, 2.24) is 0 Å². The lowest BCUT2D eigenvalue weighted by molar-refractivity contribution is 0.00578. The molecule has 0 amide bonds. The Labute approximate surface area is 133 Å². The Morgan fingerprint density at radius 2 is 1.82 bits per heavy atom. The molecule has 0 aromatic heterocycles. The molecule has 120 valence electrons. The first kappa shape index (κ1) is 15.8. The second-order valence-electron chi connectivity index (χ2n) is 7.39. The summed E-state index contributed by atoms with van der Waals surface area (Å²) in [5, 5.41) is 0. The van der Waals surface area contributed by atoms with E-state index in [0.29, 0.717) is 5.92 Å². The van der Waals surface area contributed by atoms with Gasteiger partial charge in [-0.05, 0) is 63.7 Å². The minimum absolute atomic E-state index is 0.345. The van der Waals surface area contributed by atoms with Crippen LogP contribution in [0.3, 0.4) is 0 Å². The van der Waals surface area contributed by atoms with Crippen LogP contribution in [0.2, 0.25) is 0 Å². The molecule has 0 bridgehead atoms. The number of benzene rings is 1. The second kappa shape index (κ2) is 5.55. The van der Waals surface area contributed by atoms with E-state index < -0.39 is 0 Å². The molecule has 0 saturated carbocycles. The van der Waals surface area contributed by atoms with Crippen molar-refractivity contribution in [1.29, 1.82) is 0 Å². The molecule has 0 aliphatic carbocycles. The first-order valence-electron chi connectivity index (χ1n) is 8.13. The molecule has 1 unspecified atom stereocenters. The van der Waals surface area contributed by atoms with E-state index in [1.165, 1.54) is 5.56 Å². The minimum Gasteiger partial charge on any atom is -0.399 e. The average Bonchev–Trinajstić information content (AvgIpc) is 2.68. The molecule has 22 heavy (non-hydrogen) atoms. The molecule has 2 saturated heterocycles. The molecule has 1 aromatic rings. The van der Waals surface area contributed by atoms with E-state index >= 15 is 0 Å². The van der Waals surface area contributed by atoms with Crippen LogP contribution >= 0.6 is 0 Å². The van der Waals surface area contributed by atoms with Gasteiger partial charge in [0, 0.05) is 18.2 Å². The Hall–Kier alpha value is -1.04. The van der Waals surface area contributed by atoms with Gasteiger partial charge in [0.15, 0.2) is 0 Å². The molecule has 0 spiro atoms. The third-order valence-corrected chi connectivity index (χ3v) is 5.22. The van der Waals surface area contributed by atoms with Crippen LogP contribution in [-0.4, -0.2) is 31.5 Å². The van der Waals surface area contributed by atoms with Crippen molar-refractivity contribution in [2.24, 2.45) is 0 Å². The summed E-state index contributed by atoms with van der Waals surface area (Å²) in [7, 11) is -0.370. The molecule has 2 aliphatic rings. The number of hydrogen-bond acceptors (Lipinski definition) is 4. The smallest absolute Gasteiger partial charge is 0.399 e. The summed E-state index contributed by atoms with van der Waals surface area (Å²) in [5.74, 6) is 0.392. The highest BCUT2D eigenvalue weighted by Crippen LogP contribution is 2.37. The summed E-state index contributed by atoms with van der Waals surface area (Å²) >= 11 is 0. The van der Waals surface area contributed by atoms with Crippen LogP contribution in [0.15, 0.2) is 18.2 Å². The first-order valence-corrected chi connectivity index (χ1v) is 8.13. The van der Waals surface area contributed by atoms with Crippen LogP contribution in [0, 0.1) is 0 Å². The molecule has 1 aromatic carbocycles. The quantitative estimate of drug-likeness (QED) is 0.673. The van der Waals surface area contributed by atoms with Gasteiger partial charge in [-0.2, -0.15) is 0 Å². The molecule has 4 nitrogen and oxygen atoms in total. The van der Waals surface area contributed by atoms with E-state index in [-0.39, 0.29) is 18.3 Å². The first-order chi connectivity index (χ1) is 10.3. The van der Waals surface area contributed by atoms with Crippen molar-refractivity contribution in [2.75, 3.05) is 18.9 Å². The van der Waals surface area contributed by atoms with Gasteiger partial charge in [0.25, 0.3) is 0 Å². The van der Waals surface area contributed by atoms with Gasteiger partial charge in [0.05, 0.1) is 17.8 Å². The summed E-state index contributed by atoms with van der Waals surface area (Å²) in [6.45, 7) is 9.91. The lowest BCUT2D eigenvalue weighted by Crippen LogP contribution is -2.41. The van der Waals surface area contributed by atoms with Gasteiger partial charge < -0.3 is 19.8 Å². The molecule has 3 rings (SSSR count). The second-order valence-corrected chi connectivity index (χ2v) is 7.39. The van der Waals surface area contributed by atoms with Crippen LogP contribution in [0.4, 0.5) is 5.69 Å². The van der Waals surface area contributed by atoms with Gasteiger partial charge in [-0.25, -0.2) is 0 Å². The molecule has 2 fully saturated rings. The molecule has 1 atom stereocenters. The van der Waals surface area contributed by atoms with Gasteiger partial charge in [0.2, 0.25) is 0 Å². The standard InChI is InChI=1S/C17H26BNO3/c1-16(2)17(3,4)22-18(21-16)15-10-13(19)7-8-14(15)12-6-5-9-20-11-12/h7-8,10,12H,5-6,9,11,19H2,1-4H3. The van der Waals surface area contributed by atoms with Gasteiger partial charge in [-0.1, -0.05) is 6.07 Å². The highest BCUT2D eigenvalue weighted by molar-refractivity contribution is 6.62. The van der Waals surface area contributed by atoms with Gasteiger partial charge in [0.1, 0.15) is 0 Å². The maximum absolute atomic E-state index is 6.22. The highest BCUT2D eigenvalue weighted by atomic mass is 16.7. The minimum atomic E-state index is -0.370. The number of nitrogen functional groups attached to an aromatic ring is 1. The van der Waals surface area contributed by atoms with Crippen molar-refractivity contribution < 1.29 is 14.0 Å². The van der Waals surface area contributed by atoms with Crippen molar-refractivity contribution in [2.45, 2.75) is 57.7 Å². The molecular weight excluding hydrogens is 277 g/mol. The van der Waals surface area contributed by atoms with Gasteiger partial charge in [-0.15, -0.1) is 0 Å². The van der Waals surface area contributed by atoms with Crippen LogP contribution in [-0.2, 0) is 14.0 Å². The number of rotatable bonds is 2. The molecule has 2 heterocycles. The number of nitrogens with two attached hydrogens (primary N) is 1. The van der Waals surface area contributed by atoms with Crippen LogP contribution in [0.1, 0.15) is 52.0 Å². The number of ether oxygens (including phenoxy) is 1. The fraction of sp³-hybridized carbons (Fsp3) is 0.647. The van der Waals surface area contributed by atoms with Gasteiger partial charge in [-0.3, -0.25) is 0 Å². The molecule has 2 N–H and O–H groups in total. The Morgan fingerprint density at radius 3 is 2.41 bits per heavy atom. The zero-order valence-corrected chi connectivity index (χ0v) is 14.0. The van der Waals surface area contributed by atoms with Crippen LogP contribution in [0.5, 0.6) is 0 Å². The Balaban J connectivity index is 1.94. The van der Waals surface area contributed by atoms with E-state index in [4.69, 9.17) is 19.8 Å². The molecule has 2 aliphatic heterocycles. The maximum atomic E-state index is 6.22. The van der Waals surface area contributed by atoms with Crippen LogP contribution < -0.4 is 11.2 Å². The van der Waals surface area contributed by atoms with Crippen molar-refractivity contribution >= 4 is 18.3 Å². The Bertz CT molecular complexity index is 537. The van der Waals surface area contributed by atoms with E-state index in [0.717, 1.165) is 37.2 Å². The normalized spacial score (nSPS) is 27.1. The SMILES string of the molecule is CC1(C)OB(c2cc(N)ccc2C2CCCOC2)OC1(C)C. The fourth-order valence-electron chi connectivity index (χ4n) is 3.13. The largest absolute Gasteiger partial charge is 0.495 e. The fourth-order valence-corrected chi connectivity index (χ4v) is 3.13. The van der Waals surface area contributed by atoms with Crippen molar-refractivity contribution in [3.05, 3.63) is 23.8 Å². The van der Waals surface area contributed by atoms with Crippen molar-refractivity contribution in [3.63, 3.8) is 0 Å². The Morgan fingerprint density at radius 1 is 1.14 bits per heavy atom. The Kier molecular flexibility index (Phi) is 4.00. The van der Waals surface area contributed by atoms with E-state index in [1.54, 1.807) is 0 Å². The van der Waals surface area contributed by atoms with E-state index in [1.807, 2.05) is 12.1 Å². The molecule has 5 heteroatoms. The predicted molar refractivity (Wildman–Crippen MR) is 89.4 cm³/mol. The lowest BCUT2D eigenvalue weighted by atomic mass is 9.72. The lowest BCUT2D eigenvalue weighted by Gasteiger charge is -2.32. The number of anilines is 1. The molecule has 0 radical (unpaired) electrons. The number of hydrogen-bond donors (Lipinski definition) is 1. The van der Waals surface area contributed by atoms with Crippen LogP contribution in [0.25, 0.3) is 0 Å². The average molecular weight is 303 g/mol. The zero-order chi connectivity index (χ0) is 16.0. The summed E-state index contributed by atoms with van der Waals surface area (Å²) in [5.41, 5.74) is 8.36. The third-order valence-electron chi connectivity index (χ3n) is 5.22. The predicted octanol–water partition coefficient (Wildman–Crippen LogP) is 2.46. The topological polar surface area (TPSA) is 53.7 Å². The third kappa shape index (κ3) is 2.77. The molecular formula is C17H26BNO3. The maximum Gasteiger partial charge on any atom is 0.495 e. The highest BCUT2D eigenvalue weighted by Gasteiger charge is 2.52. The van der Waals surface area contributed by atoms with Crippen molar-refractivity contribution in [3.8, 4) is 0 Å². The van der Waals surface area contributed by atoms with E-state index in [9.17, 15) is 0 Å². The summed E-state index contributed by atoms with van der Waals surface area (Å²) in [6, 6.07) is 6.06. The monoisotopic (exact) mass is 303 g/mol. The summed E-state index contributed by atoms with van der Waals surface area (Å²) in [6.07, 6.45) is 2.23. The zero-order valence-electron chi connectivity index (χ0n) is 14.0. The summed E-state index contributed by atoms with van der Waals surface area (Å²) < 4.78 is 18.1. The summed E-state index contributed by atoms with van der Waals surface area (Å²) in [4.78, 5) is 0.